The Labute approximate surface area is 147 Å². The number of carbonyl (C=O) groups is 2. The number of carboxylic acids is 1. The molecular weight excluding hydrogens is 318 g/mol. The lowest BCUT2D eigenvalue weighted by Crippen LogP contribution is -2.29. The maximum atomic E-state index is 12.2. The first kappa shape index (κ1) is 18.5. The molecule has 0 radical (unpaired) electrons. The van der Waals surface area contributed by atoms with E-state index in [9.17, 15) is 9.59 Å². The lowest BCUT2D eigenvalue weighted by molar-refractivity contribution is -0.137. The molecule has 2 aromatic carbocycles. The van der Waals surface area contributed by atoms with Crippen LogP contribution in [-0.4, -0.2) is 23.6 Å². The van der Waals surface area contributed by atoms with E-state index in [-0.39, 0.29) is 18.4 Å². The quantitative estimate of drug-likeness (QED) is 0.648. The topological polar surface area (TPSA) is 75.6 Å². The van der Waals surface area contributed by atoms with Crippen molar-refractivity contribution in [2.45, 2.75) is 31.7 Å². The van der Waals surface area contributed by atoms with E-state index in [1.807, 2.05) is 60.7 Å². The van der Waals surface area contributed by atoms with Gasteiger partial charge in [-0.1, -0.05) is 48.5 Å². The number of carboxylic acid groups (broad SMARTS) is 1. The Morgan fingerprint density at radius 3 is 2.24 bits per heavy atom. The summed E-state index contributed by atoms with van der Waals surface area (Å²) in [6.45, 7) is 0.461. The van der Waals surface area contributed by atoms with Crippen LogP contribution in [0.3, 0.4) is 0 Å². The number of ether oxygens (including phenoxy) is 1. The largest absolute Gasteiger partial charge is 0.494 e. The number of nitrogens with one attached hydrogen (secondary N) is 1. The molecule has 0 aromatic heterocycles. The summed E-state index contributed by atoms with van der Waals surface area (Å²) in [6, 6.07) is 18.6. The third kappa shape index (κ3) is 7.08. The van der Waals surface area contributed by atoms with Gasteiger partial charge in [-0.25, -0.2) is 0 Å². The summed E-state index contributed by atoms with van der Waals surface area (Å²) in [5, 5.41) is 11.8. The molecule has 5 heteroatoms. The molecule has 0 saturated heterocycles. The molecule has 0 heterocycles. The first-order valence-electron chi connectivity index (χ1n) is 8.39. The van der Waals surface area contributed by atoms with Crippen molar-refractivity contribution in [1.82, 2.24) is 5.32 Å². The highest BCUT2D eigenvalue weighted by atomic mass is 16.5. The van der Waals surface area contributed by atoms with Gasteiger partial charge in [0.05, 0.1) is 12.6 Å². The molecule has 1 amide bonds. The number of hydrogen-bond donors (Lipinski definition) is 2. The Bertz CT molecular complexity index is 658. The average molecular weight is 341 g/mol. The fourth-order valence-corrected chi connectivity index (χ4v) is 2.48. The van der Waals surface area contributed by atoms with E-state index in [2.05, 4.69) is 5.32 Å². The van der Waals surface area contributed by atoms with Crippen molar-refractivity contribution in [3.05, 3.63) is 66.2 Å². The number of para-hydroxylation sites is 1. The number of hydrogen-bond acceptors (Lipinski definition) is 3. The highest BCUT2D eigenvalue weighted by Crippen LogP contribution is 2.18. The standard InChI is InChI=1S/C20H23NO4/c22-19(12-7-15-25-17-10-5-2-6-11-17)21-18(13-14-20(23)24)16-8-3-1-4-9-16/h1-6,8-11,18H,7,12-15H2,(H,21,22)(H,23,24). The molecule has 0 aliphatic rings. The van der Waals surface area contributed by atoms with Gasteiger partial charge >= 0.3 is 5.97 Å². The molecule has 0 fully saturated rings. The van der Waals surface area contributed by atoms with Gasteiger partial charge in [0, 0.05) is 12.8 Å². The van der Waals surface area contributed by atoms with Crippen LogP contribution in [0.5, 0.6) is 5.75 Å². The number of benzene rings is 2. The first-order valence-corrected chi connectivity index (χ1v) is 8.39. The zero-order chi connectivity index (χ0) is 17.9. The molecule has 5 nitrogen and oxygen atoms in total. The Balaban J connectivity index is 1.79. The minimum atomic E-state index is -0.869. The zero-order valence-corrected chi connectivity index (χ0v) is 14.1. The number of aliphatic carboxylic acids is 1. The second kappa shape index (κ2) is 10.1. The summed E-state index contributed by atoms with van der Waals surface area (Å²) >= 11 is 0. The summed E-state index contributed by atoms with van der Waals surface area (Å²) in [7, 11) is 0. The molecule has 2 N–H and O–H groups in total. The van der Waals surface area contributed by atoms with Crippen molar-refractivity contribution in [3.63, 3.8) is 0 Å². The summed E-state index contributed by atoms with van der Waals surface area (Å²) < 4.78 is 5.57. The third-order valence-corrected chi connectivity index (χ3v) is 3.74. The molecule has 0 aliphatic carbocycles. The van der Waals surface area contributed by atoms with Crippen LogP contribution in [0.25, 0.3) is 0 Å². The molecule has 0 spiro atoms. The molecule has 132 valence electrons. The van der Waals surface area contributed by atoms with E-state index in [0.29, 0.717) is 25.9 Å². The van der Waals surface area contributed by atoms with Gasteiger partial charge in [-0.05, 0) is 30.5 Å². The summed E-state index contributed by atoms with van der Waals surface area (Å²) in [6.07, 6.45) is 1.31. The van der Waals surface area contributed by atoms with E-state index < -0.39 is 5.97 Å². The maximum absolute atomic E-state index is 12.2. The molecule has 1 unspecified atom stereocenters. The van der Waals surface area contributed by atoms with Crippen molar-refractivity contribution in [1.29, 1.82) is 0 Å². The van der Waals surface area contributed by atoms with E-state index >= 15 is 0 Å². The lowest BCUT2D eigenvalue weighted by Gasteiger charge is -2.18. The molecule has 2 aromatic rings. The molecule has 0 aliphatic heterocycles. The highest BCUT2D eigenvalue weighted by Gasteiger charge is 2.15. The Morgan fingerprint density at radius 1 is 0.960 bits per heavy atom. The Morgan fingerprint density at radius 2 is 1.60 bits per heavy atom. The van der Waals surface area contributed by atoms with Crippen molar-refractivity contribution >= 4 is 11.9 Å². The number of amides is 1. The monoisotopic (exact) mass is 341 g/mol. The zero-order valence-electron chi connectivity index (χ0n) is 14.1. The molecule has 2 rings (SSSR count). The van der Waals surface area contributed by atoms with Crippen LogP contribution in [0, 0.1) is 0 Å². The van der Waals surface area contributed by atoms with Crippen LogP contribution in [0.2, 0.25) is 0 Å². The van der Waals surface area contributed by atoms with Crippen molar-refractivity contribution in [2.75, 3.05) is 6.61 Å². The third-order valence-electron chi connectivity index (χ3n) is 3.74. The van der Waals surface area contributed by atoms with Gasteiger partial charge in [0.25, 0.3) is 0 Å². The predicted octanol–water partition coefficient (Wildman–Crippen LogP) is 3.57. The molecule has 25 heavy (non-hydrogen) atoms. The van der Waals surface area contributed by atoms with Crippen LogP contribution in [0.4, 0.5) is 0 Å². The van der Waals surface area contributed by atoms with Crippen LogP contribution < -0.4 is 10.1 Å². The van der Waals surface area contributed by atoms with Crippen LogP contribution >= 0.6 is 0 Å². The molecule has 1 atom stereocenters. The highest BCUT2D eigenvalue weighted by molar-refractivity contribution is 5.76. The van der Waals surface area contributed by atoms with E-state index in [1.165, 1.54) is 0 Å². The number of carbonyl (C=O) groups excluding carboxylic acids is 1. The van der Waals surface area contributed by atoms with Gasteiger partial charge in [-0.15, -0.1) is 0 Å². The molecule has 0 bridgehead atoms. The van der Waals surface area contributed by atoms with Crippen LogP contribution in [0.15, 0.2) is 60.7 Å². The van der Waals surface area contributed by atoms with Crippen molar-refractivity contribution in [2.24, 2.45) is 0 Å². The maximum Gasteiger partial charge on any atom is 0.303 e. The van der Waals surface area contributed by atoms with E-state index in [4.69, 9.17) is 9.84 Å². The van der Waals surface area contributed by atoms with Crippen LogP contribution in [0.1, 0.15) is 37.3 Å². The molecular formula is C20H23NO4. The van der Waals surface area contributed by atoms with Gasteiger partial charge in [-0.3, -0.25) is 9.59 Å². The van der Waals surface area contributed by atoms with Gasteiger partial charge in [-0.2, -0.15) is 0 Å². The predicted molar refractivity (Wildman–Crippen MR) is 95.4 cm³/mol. The van der Waals surface area contributed by atoms with Gasteiger partial charge < -0.3 is 15.2 Å². The fraction of sp³-hybridized carbons (Fsp3) is 0.300. The average Bonchev–Trinajstić information content (AvgIpc) is 2.63. The summed E-state index contributed by atoms with van der Waals surface area (Å²) in [4.78, 5) is 23.0. The van der Waals surface area contributed by atoms with Crippen LogP contribution in [-0.2, 0) is 9.59 Å². The van der Waals surface area contributed by atoms with E-state index in [1.54, 1.807) is 0 Å². The number of rotatable bonds is 10. The van der Waals surface area contributed by atoms with E-state index in [0.717, 1.165) is 11.3 Å². The Hall–Kier alpha value is -2.82. The molecule has 0 saturated carbocycles. The first-order chi connectivity index (χ1) is 12.1. The van der Waals surface area contributed by atoms with Gasteiger partial charge in [0.2, 0.25) is 5.91 Å². The summed E-state index contributed by atoms with van der Waals surface area (Å²) in [5.41, 5.74) is 0.914. The second-order valence-corrected chi connectivity index (χ2v) is 5.73. The summed E-state index contributed by atoms with van der Waals surface area (Å²) in [5.74, 6) is -0.186. The smallest absolute Gasteiger partial charge is 0.303 e. The minimum absolute atomic E-state index is 0.0109. The SMILES string of the molecule is O=C(O)CCC(NC(=O)CCCOc1ccccc1)c1ccccc1. The van der Waals surface area contributed by atoms with Gasteiger partial charge in [0.1, 0.15) is 5.75 Å². The fourth-order valence-electron chi connectivity index (χ4n) is 2.48. The lowest BCUT2D eigenvalue weighted by atomic mass is 10.0. The van der Waals surface area contributed by atoms with Crippen molar-refractivity contribution < 1.29 is 19.4 Å². The van der Waals surface area contributed by atoms with Crippen molar-refractivity contribution in [3.8, 4) is 5.75 Å². The van der Waals surface area contributed by atoms with Gasteiger partial charge in [0.15, 0.2) is 0 Å². The Kier molecular flexibility index (Phi) is 7.50. The minimum Gasteiger partial charge on any atom is -0.494 e. The normalized spacial score (nSPS) is 11.5. The second-order valence-electron chi connectivity index (χ2n) is 5.73.